The first-order chi connectivity index (χ1) is 27.0. The Morgan fingerprint density at radius 3 is 0.772 bits per heavy atom. The quantitative estimate of drug-likeness (QED) is 0.185. The van der Waals surface area contributed by atoms with E-state index in [4.69, 9.17) is 103 Å². The van der Waals surface area contributed by atoms with Gasteiger partial charge in [-0.05, 0) is 121 Å². The molecule has 57 heavy (non-hydrogen) atoms. The molecule has 0 saturated carbocycles. The van der Waals surface area contributed by atoms with Crippen molar-refractivity contribution in [3.05, 3.63) is 160 Å². The van der Waals surface area contributed by atoms with Gasteiger partial charge in [-0.15, -0.1) is 0 Å². The summed E-state index contributed by atoms with van der Waals surface area (Å²) >= 11 is 54.2. The monoisotopic (exact) mass is 945 g/mol. The molecule has 2 N–H and O–H groups in total. The van der Waals surface area contributed by atoms with Gasteiger partial charge in [-0.2, -0.15) is 0 Å². The van der Waals surface area contributed by atoms with Crippen LogP contribution >= 0.6 is 92.8 Å². The van der Waals surface area contributed by atoms with Gasteiger partial charge in [0.1, 0.15) is 0 Å². The van der Waals surface area contributed by atoms with E-state index in [-0.39, 0.29) is 16.8 Å². The van der Waals surface area contributed by atoms with Crippen LogP contribution < -0.4 is 0 Å². The van der Waals surface area contributed by atoms with Gasteiger partial charge in [-0.25, -0.2) is 9.97 Å². The molecule has 0 fully saturated rings. The van der Waals surface area contributed by atoms with Gasteiger partial charge in [0.05, 0.1) is 22.8 Å². The van der Waals surface area contributed by atoms with Crippen molar-refractivity contribution >= 4 is 139 Å². The van der Waals surface area contributed by atoms with E-state index >= 15 is 0 Å². The van der Waals surface area contributed by atoms with Crippen LogP contribution in [0.4, 0.5) is 0 Å². The van der Waals surface area contributed by atoms with E-state index in [1.54, 1.807) is 48.5 Å². The van der Waals surface area contributed by atoms with E-state index in [1.807, 2.05) is 72.8 Å². The number of halogens is 8. The Morgan fingerprint density at radius 2 is 0.544 bits per heavy atom. The van der Waals surface area contributed by atoms with E-state index in [1.165, 1.54) is 0 Å². The van der Waals surface area contributed by atoms with Crippen molar-refractivity contribution in [2.75, 3.05) is 0 Å². The number of nitrogens with zero attached hydrogens (tertiary/aromatic N) is 2. The Labute approximate surface area is 377 Å². The molecule has 9 rings (SSSR count). The van der Waals surface area contributed by atoms with Crippen LogP contribution in [0.25, 0.3) is 90.9 Å². The first-order valence-corrected chi connectivity index (χ1v) is 20.0. The molecule has 0 unspecified atom stereocenters. The molecular weight excluding hydrogens is 927 g/mol. The summed E-state index contributed by atoms with van der Waals surface area (Å²) in [6, 6.07) is 29.2. The number of fused-ring (bicyclic) bond motifs is 8. The van der Waals surface area contributed by atoms with Gasteiger partial charge in [0.15, 0.2) is 0 Å². The average Bonchev–Trinajstić information content (AvgIpc) is 4.01. The molecule has 1 radical (unpaired) electrons. The van der Waals surface area contributed by atoms with Crippen LogP contribution in [0.15, 0.2) is 97.1 Å². The molecule has 2 aliphatic heterocycles. The van der Waals surface area contributed by atoms with Crippen molar-refractivity contribution < 1.29 is 16.8 Å². The van der Waals surface area contributed by atoms with Gasteiger partial charge >= 0.3 is 0 Å². The fourth-order valence-corrected chi connectivity index (χ4v) is 8.63. The molecule has 13 heteroatoms. The summed E-state index contributed by atoms with van der Waals surface area (Å²) in [6.07, 6.45) is 7.76. The molecule has 0 atom stereocenters. The van der Waals surface area contributed by atoms with Crippen LogP contribution in [0.2, 0.25) is 40.2 Å². The van der Waals surface area contributed by atoms with Crippen molar-refractivity contribution in [1.29, 1.82) is 0 Å². The van der Waals surface area contributed by atoms with Gasteiger partial charge in [0, 0.05) is 124 Å². The van der Waals surface area contributed by atoms with Gasteiger partial charge in [0.25, 0.3) is 0 Å². The molecule has 8 bridgehead atoms. The maximum atomic E-state index is 6.94. The predicted octanol–water partition coefficient (Wildman–Crippen LogP) is 16.5. The van der Waals surface area contributed by atoms with Gasteiger partial charge in [-0.1, -0.05) is 92.8 Å². The largest absolute Gasteiger partial charge is 0.354 e. The molecule has 0 spiro atoms. The second-order valence-corrected chi connectivity index (χ2v) is 16.4. The summed E-state index contributed by atoms with van der Waals surface area (Å²) in [5.74, 6) is 0. The van der Waals surface area contributed by atoms with Gasteiger partial charge in [-0.3, -0.25) is 0 Å². The van der Waals surface area contributed by atoms with Crippen LogP contribution in [-0.4, -0.2) is 19.9 Å². The standard InChI is InChI=1S/C44H22Cl8N4.Co/c45-21-1-5-29(49)25(17-21)41-33-9-11-35(53-33)42(26-18-22(46)2-6-30(26)50)37-13-15-39(55-37)44(28-20-24(48)4-8-32(28)52)40-16-14-38(56-40)43(36-12-10-34(41)54-36)27-19-23(47)3-7-31(27)51;/h1-20,53,56H;. The summed E-state index contributed by atoms with van der Waals surface area (Å²) in [7, 11) is 0. The Kier molecular flexibility index (Phi) is 11.4. The third kappa shape index (κ3) is 7.56. The molecular formula is C44H22Cl8CoN4. The topological polar surface area (TPSA) is 57.4 Å². The number of aromatic amines is 2. The molecule has 0 saturated heterocycles. The molecule has 2 aliphatic rings. The van der Waals surface area contributed by atoms with Crippen LogP contribution in [0, 0.1) is 0 Å². The molecule has 0 amide bonds. The molecule has 4 nitrogen and oxygen atoms in total. The Hall–Kier alpha value is -3.69. The zero-order valence-electron chi connectivity index (χ0n) is 28.8. The van der Waals surface area contributed by atoms with E-state index in [9.17, 15) is 0 Å². The van der Waals surface area contributed by atoms with Crippen molar-refractivity contribution in [1.82, 2.24) is 19.9 Å². The zero-order valence-corrected chi connectivity index (χ0v) is 35.9. The molecule has 5 heterocycles. The van der Waals surface area contributed by atoms with E-state index in [2.05, 4.69) is 9.97 Å². The number of hydrogen-bond acceptors (Lipinski definition) is 2. The first-order valence-electron chi connectivity index (χ1n) is 17.0. The minimum Gasteiger partial charge on any atom is -0.354 e. The average molecular weight is 949 g/mol. The second-order valence-electron chi connectivity index (χ2n) is 13.0. The van der Waals surface area contributed by atoms with Crippen molar-refractivity contribution in [2.24, 2.45) is 0 Å². The number of hydrogen-bond donors (Lipinski definition) is 2. The van der Waals surface area contributed by atoms with Crippen molar-refractivity contribution in [2.45, 2.75) is 0 Å². The van der Waals surface area contributed by atoms with Crippen LogP contribution in [0.5, 0.6) is 0 Å². The zero-order chi connectivity index (χ0) is 38.8. The number of aromatic nitrogens is 4. The molecule has 3 aromatic heterocycles. The summed E-state index contributed by atoms with van der Waals surface area (Å²) in [6.45, 7) is 0. The van der Waals surface area contributed by atoms with Crippen LogP contribution in [0.1, 0.15) is 22.8 Å². The van der Waals surface area contributed by atoms with Crippen molar-refractivity contribution in [3.8, 4) is 44.5 Å². The van der Waals surface area contributed by atoms with Crippen LogP contribution in [-0.2, 0) is 16.8 Å². The number of H-pyrrole nitrogens is 2. The maximum Gasteiger partial charge on any atom is 0.0737 e. The second kappa shape index (κ2) is 16.2. The fraction of sp³-hybridized carbons (Fsp3) is 0. The van der Waals surface area contributed by atoms with E-state index < -0.39 is 0 Å². The van der Waals surface area contributed by atoms with Gasteiger partial charge in [0.2, 0.25) is 0 Å². The number of benzene rings is 4. The summed E-state index contributed by atoms with van der Waals surface area (Å²) < 4.78 is 0. The van der Waals surface area contributed by atoms with E-state index in [0.717, 1.165) is 0 Å². The van der Waals surface area contributed by atoms with Crippen LogP contribution in [0.3, 0.4) is 0 Å². The van der Waals surface area contributed by atoms with Gasteiger partial charge < -0.3 is 9.97 Å². The predicted molar refractivity (Wildman–Crippen MR) is 241 cm³/mol. The molecule has 4 aromatic carbocycles. The normalized spacial score (nSPS) is 11.9. The van der Waals surface area contributed by atoms with E-state index in [0.29, 0.717) is 130 Å². The third-order valence-corrected chi connectivity index (χ3v) is 11.8. The van der Waals surface area contributed by atoms with Crippen molar-refractivity contribution in [3.63, 3.8) is 0 Å². The SMILES string of the molecule is Clc1ccc(Cl)c(-c2c3nc(c(-c4cc(Cl)ccc4Cl)c4ccc([nH]4)c(-c4cc(Cl)ccc4Cl)c4nc(c(-c5cc(Cl)ccc5Cl)c5ccc2[nH]5)C=C4)C=C3)c1.[Co]. The molecule has 7 aromatic rings. The fourth-order valence-electron chi connectivity index (χ4n) is 7.10. The Bertz CT molecular complexity index is 2640. The minimum atomic E-state index is 0. The third-order valence-electron chi connectivity index (χ3n) is 9.54. The summed E-state index contributed by atoms with van der Waals surface area (Å²) in [5.41, 5.74) is 10.9. The molecule has 283 valence electrons. The summed E-state index contributed by atoms with van der Waals surface area (Å²) in [4.78, 5) is 17.8. The number of rotatable bonds is 4. The summed E-state index contributed by atoms with van der Waals surface area (Å²) in [5, 5.41) is 4.00. The Balaban J connectivity index is 0.00000455. The minimum absolute atomic E-state index is 0. The maximum absolute atomic E-state index is 6.94. The Morgan fingerprint density at radius 1 is 0.316 bits per heavy atom. The number of nitrogens with one attached hydrogen (secondary N) is 2. The molecule has 0 aliphatic carbocycles. The first kappa shape index (κ1) is 40.1. The smallest absolute Gasteiger partial charge is 0.0737 e.